The van der Waals surface area contributed by atoms with Crippen molar-refractivity contribution in [2.75, 3.05) is 4.90 Å². The Bertz CT molecular complexity index is 1560. The average Bonchev–Trinajstić information content (AvgIpc) is 3.47. The summed E-state index contributed by atoms with van der Waals surface area (Å²) in [7, 11) is 0. The summed E-state index contributed by atoms with van der Waals surface area (Å²) in [5, 5.41) is 20.1. The van der Waals surface area contributed by atoms with Crippen LogP contribution in [0.15, 0.2) is 76.6 Å². The highest BCUT2D eigenvalue weighted by atomic mass is 32.2. The molecule has 5 rings (SSSR count). The fourth-order valence-electron chi connectivity index (χ4n) is 4.31. The van der Waals surface area contributed by atoms with Crippen molar-refractivity contribution < 1.29 is 19.1 Å². The number of aliphatic hydroxyl groups is 1. The molecule has 1 aliphatic heterocycles. The Hall–Kier alpha value is -3.82. The molecule has 4 aromatic rings. The first-order chi connectivity index (χ1) is 18.2. The van der Waals surface area contributed by atoms with E-state index in [1.807, 2.05) is 57.2 Å². The van der Waals surface area contributed by atoms with Gasteiger partial charge in [0.2, 0.25) is 5.13 Å². The molecule has 192 valence electrons. The Kier molecular flexibility index (Phi) is 7.14. The number of carbonyl (C=O) groups excluding carboxylic acids is 2. The fraction of sp³-hybridized carbons (Fsp3) is 0.172. The summed E-state index contributed by atoms with van der Waals surface area (Å²) < 4.78 is 14.4. The number of benzene rings is 3. The number of Topliss-reactive ketones (excluding diaryl/α,β-unsaturated/α-hetero) is 1. The van der Waals surface area contributed by atoms with Gasteiger partial charge in [0.25, 0.3) is 5.78 Å². The molecule has 0 bridgehead atoms. The third-order valence-corrected chi connectivity index (χ3v) is 8.49. The summed E-state index contributed by atoms with van der Waals surface area (Å²) in [6.45, 7) is 5.73. The summed E-state index contributed by atoms with van der Waals surface area (Å²) in [4.78, 5) is 28.0. The molecule has 1 fully saturated rings. The van der Waals surface area contributed by atoms with E-state index in [0.717, 1.165) is 16.7 Å². The first kappa shape index (κ1) is 25.8. The predicted octanol–water partition coefficient (Wildman–Crippen LogP) is 6.52. The number of carbonyl (C=O) groups is 2. The van der Waals surface area contributed by atoms with Crippen LogP contribution in [-0.2, 0) is 15.3 Å². The summed E-state index contributed by atoms with van der Waals surface area (Å²) in [5.41, 5.74) is 4.81. The van der Waals surface area contributed by atoms with E-state index in [1.54, 1.807) is 6.07 Å². The molecule has 0 radical (unpaired) electrons. The zero-order chi connectivity index (χ0) is 27.0. The lowest BCUT2D eigenvalue weighted by atomic mass is 9.93. The Balaban J connectivity index is 1.55. The smallest absolute Gasteiger partial charge is 0.301 e. The summed E-state index contributed by atoms with van der Waals surface area (Å²) in [6.07, 6.45) is 0. The third kappa shape index (κ3) is 4.99. The summed E-state index contributed by atoms with van der Waals surface area (Å²) >= 11 is 2.67. The molecule has 1 amide bonds. The monoisotopic (exact) mass is 545 g/mol. The van der Waals surface area contributed by atoms with Crippen LogP contribution >= 0.6 is 23.1 Å². The highest BCUT2D eigenvalue weighted by Crippen LogP contribution is 2.44. The number of thioether (sulfide) groups is 1. The van der Waals surface area contributed by atoms with Crippen molar-refractivity contribution in [3.8, 4) is 0 Å². The van der Waals surface area contributed by atoms with Crippen molar-refractivity contribution >= 4 is 45.7 Å². The fourth-order valence-corrected chi connectivity index (χ4v) is 6.14. The van der Waals surface area contributed by atoms with Gasteiger partial charge in [-0.3, -0.25) is 14.5 Å². The van der Waals surface area contributed by atoms with E-state index in [9.17, 15) is 19.1 Å². The molecule has 0 aliphatic carbocycles. The molecular weight excluding hydrogens is 521 g/mol. The maximum atomic E-state index is 13.8. The van der Waals surface area contributed by atoms with Crippen LogP contribution in [0.4, 0.5) is 9.52 Å². The molecule has 1 unspecified atom stereocenters. The van der Waals surface area contributed by atoms with Crippen LogP contribution in [0, 0.1) is 26.6 Å². The number of rotatable bonds is 6. The minimum Gasteiger partial charge on any atom is -0.507 e. The SMILES string of the molecule is Cc1ccc(CSc2nnc(N3C(=O)C(=O)/C(=C(/O)c4cc(C)ccc4C)C3c3ccc(F)cc3)s2)cc1. The largest absolute Gasteiger partial charge is 0.507 e. The van der Waals surface area contributed by atoms with Gasteiger partial charge in [-0.15, -0.1) is 10.2 Å². The number of aromatic nitrogens is 2. The van der Waals surface area contributed by atoms with Gasteiger partial charge in [-0.25, -0.2) is 4.39 Å². The first-order valence-electron chi connectivity index (χ1n) is 11.9. The zero-order valence-corrected chi connectivity index (χ0v) is 22.6. The number of hydrogen-bond acceptors (Lipinski definition) is 7. The molecular formula is C29H24FN3O3S2. The Morgan fingerprint density at radius 3 is 2.37 bits per heavy atom. The molecule has 1 aliphatic rings. The van der Waals surface area contributed by atoms with Crippen LogP contribution < -0.4 is 4.90 Å². The van der Waals surface area contributed by atoms with Crippen molar-refractivity contribution in [1.82, 2.24) is 10.2 Å². The molecule has 0 spiro atoms. The number of nitrogens with zero attached hydrogens (tertiary/aromatic N) is 3. The van der Waals surface area contributed by atoms with Gasteiger partial charge in [0.1, 0.15) is 11.6 Å². The average molecular weight is 546 g/mol. The van der Waals surface area contributed by atoms with Crippen molar-refractivity contribution in [2.45, 2.75) is 36.9 Å². The van der Waals surface area contributed by atoms with E-state index in [-0.39, 0.29) is 16.5 Å². The second-order valence-electron chi connectivity index (χ2n) is 9.16. The predicted molar refractivity (Wildman–Crippen MR) is 148 cm³/mol. The molecule has 6 nitrogen and oxygen atoms in total. The second kappa shape index (κ2) is 10.5. The minimum absolute atomic E-state index is 0.0700. The van der Waals surface area contributed by atoms with Gasteiger partial charge in [0.15, 0.2) is 4.34 Å². The van der Waals surface area contributed by atoms with E-state index in [0.29, 0.717) is 21.2 Å². The number of ketones is 1. The van der Waals surface area contributed by atoms with E-state index in [4.69, 9.17) is 0 Å². The summed E-state index contributed by atoms with van der Waals surface area (Å²) in [5.74, 6) is -1.72. The van der Waals surface area contributed by atoms with Gasteiger partial charge in [-0.2, -0.15) is 0 Å². The lowest BCUT2D eigenvalue weighted by Crippen LogP contribution is -2.29. The zero-order valence-electron chi connectivity index (χ0n) is 20.9. The van der Waals surface area contributed by atoms with Crippen molar-refractivity contribution in [3.63, 3.8) is 0 Å². The van der Waals surface area contributed by atoms with E-state index < -0.39 is 23.5 Å². The quantitative estimate of drug-likeness (QED) is 0.0976. The number of amides is 1. The second-order valence-corrected chi connectivity index (χ2v) is 11.3. The highest BCUT2D eigenvalue weighted by molar-refractivity contribution is 8.00. The number of halogens is 1. The van der Waals surface area contributed by atoms with Gasteiger partial charge in [-0.05, 0) is 55.7 Å². The molecule has 1 aromatic heterocycles. The highest BCUT2D eigenvalue weighted by Gasteiger charge is 2.48. The number of hydrogen-bond donors (Lipinski definition) is 1. The third-order valence-electron chi connectivity index (χ3n) is 6.36. The van der Waals surface area contributed by atoms with Crippen LogP contribution in [0.1, 0.15) is 39.4 Å². The van der Waals surface area contributed by atoms with Gasteiger partial charge < -0.3 is 5.11 Å². The minimum atomic E-state index is -0.988. The van der Waals surface area contributed by atoms with Crippen LogP contribution in [0.5, 0.6) is 0 Å². The standard InChI is InChI=1S/C29H24FN3O3S2/c1-16-5-8-19(9-6-16)15-37-29-32-31-28(38-29)33-24(20-10-12-21(30)13-11-20)23(26(35)27(33)36)25(34)22-14-17(2)4-7-18(22)3/h4-14,24,34H,15H2,1-3H3/b25-23+. The topological polar surface area (TPSA) is 83.4 Å². The van der Waals surface area contributed by atoms with Crippen molar-refractivity contribution in [1.29, 1.82) is 0 Å². The van der Waals surface area contributed by atoms with E-state index in [2.05, 4.69) is 10.2 Å². The van der Waals surface area contributed by atoms with Gasteiger partial charge in [0, 0.05) is 11.3 Å². The number of aryl methyl sites for hydroxylation is 3. The molecule has 2 heterocycles. The van der Waals surface area contributed by atoms with Crippen LogP contribution in [0.25, 0.3) is 5.76 Å². The van der Waals surface area contributed by atoms with E-state index in [1.165, 1.54) is 57.8 Å². The lowest BCUT2D eigenvalue weighted by molar-refractivity contribution is -0.132. The molecule has 38 heavy (non-hydrogen) atoms. The van der Waals surface area contributed by atoms with Crippen molar-refractivity contribution in [3.05, 3.63) is 112 Å². The molecule has 1 saturated heterocycles. The maximum Gasteiger partial charge on any atom is 0.301 e. The summed E-state index contributed by atoms with van der Waals surface area (Å²) in [6, 6.07) is 18.2. The molecule has 0 saturated carbocycles. The van der Waals surface area contributed by atoms with Crippen LogP contribution in [0.3, 0.4) is 0 Å². The Morgan fingerprint density at radius 2 is 1.66 bits per heavy atom. The van der Waals surface area contributed by atoms with Gasteiger partial charge in [0.05, 0.1) is 11.6 Å². The Morgan fingerprint density at radius 1 is 0.974 bits per heavy atom. The maximum absolute atomic E-state index is 13.8. The molecule has 1 N–H and O–H groups in total. The van der Waals surface area contributed by atoms with Gasteiger partial charge >= 0.3 is 5.91 Å². The lowest BCUT2D eigenvalue weighted by Gasteiger charge is -2.22. The number of anilines is 1. The molecule has 9 heteroatoms. The van der Waals surface area contributed by atoms with Crippen LogP contribution in [0.2, 0.25) is 0 Å². The van der Waals surface area contributed by atoms with E-state index >= 15 is 0 Å². The first-order valence-corrected chi connectivity index (χ1v) is 13.7. The van der Waals surface area contributed by atoms with Crippen molar-refractivity contribution in [2.24, 2.45) is 0 Å². The number of aliphatic hydroxyl groups excluding tert-OH is 1. The normalized spacial score (nSPS) is 16.8. The molecule has 1 atom stereocenters. The molecule has 3 aromatic carbocycles. The van der Waals surface area contributed by atoms with Gasteiger partial charge in [-0.1, -0.05) is 82.8 Å². The van der Waals surface area contributed by atoms with Crippen LogP contribution in [-0.4, -0.2) is 27.0 Å². The Labute approximate surface area is 227 Å².